The number of anilines is 1. The molecule has 0 atom stereocenters. The van der Waals surface area contributed by atoms with Gasteiger partial charge in [-0.1, -0.05) is 28.6 Å². The number of nitrogens with one attached hydrogen (secondary N) is 2. The van der Waals surface area contributed by atoms with Gasteiger partial charge in [0.25, 0.3) is 5.91 Å². The average Bonchev–Trinajstić information content (AvgIpc) is 3.21. The fourth-order valence-corrected chi connectivity index (χ4v) is 4.14. The molecule has 1 heterocycles. The minimum atomic E-state index is -3.72. The highest BCUT2D eigenvalue weighted by Crippen LogP contribution is 2.19. The summed E-state index contributed by atoms with van der Waals surface area (Å²) >= 11 is 1.25. The molecule has 11 nitrogen and oxygen atoms in total. The largest absolute Gasteiger partial charge is 0.396 e. The molecule has 0 radical (unpaired) electrons. The van der Waals surface area contributed by atoms with Gasteiger partial charge in [-0.2, -0.15) is 0 Å². The molecule has 0 saturated heterocycles. The Balaban J connectivity index is 2.20. The number of aliphatic hydroxyl groups excluding tert-OH is 1. The minimum absolute atomic E-state index is 0.0300. The third-order valence-corrected chi connectivity index (χ3v) is 6.22. The van der Waals surface area contributed by atoms with E-state index in [2.05, 4.69) is 20.2 Å². The first kappa shape index (κ1) is 25.8. The summed E-state index contributed by atoms with van der Waals surface area (Å²) in [5, 5.41) is 15.8. The van der Waals surface area contributed by atoms with Crippen LogP contribution in [0.2, 0.25) is 0 Å². The number of hydrogen-bond acceptors (Lipinski definition) is 10. The summed E-state index contributed by atoms with van der Waals surface area (Å²) in [6.07, 6.45) is 1.93. The standard InChI is InChI=1S/C19H26N4O7S2/c1-28-11-8-21-32(26,27)16-6-4-14(5-7-16)17(23-30-10-3-9-24)18(25)22-19-20-12-15(31-19)13-29-2/h4-7,12,21,24H,3,8-11,13H2,1-2H3,(H,20,22,25). The molecule has 0 spiro atoms. The van der Waals surface area contributed by atoms with E-state index in [0.29, 0.717) is 23.7 Å². The molecule has 32 heavy (non-hydrogen) atoms. The first-order valence-electron chi connectivity index (χ1n) is 9.56. The summed E-state index contributed by atoms with van der Waals surface area (Å²) < 4.78 is 36.9. The molecule has 1 aromatic heterocycles. The number of ether oxygens (including phenoxy) is 2. The third-order valence-electron chi connectivity index (χ3n) is 3.86. The van der Waals surface area contributed by atoms with Gasteiger partial charge in [0.1, 0.15) is 6.61 Å². The van der Waals surface area contributed by atoms with Crippen molar-refractivity contribution >= 4 is 38.1 Å². The first-order valence-corrected chi connectivity index (χ1v) is 11.9. The van der Waals surface area contributed by atoms with Crippen molar-refractivity contribution in [2.45, 2.75) is 17.9 Å². The number of carbonyl (C=O) groups excluding carboxylic acids is 1. The number of thiazole rings is 1. The Bertz CT molecular complexity index is 991. The van der Waals surface area contributed by atoms with E-state index in [0.717, 1.165) is 4.88 Å². The number of oxime groups is 1. The number of carbonyl (C=O) groups is 1. The molecule has 0 aliphatic rings. The molecule has 0 fully saturated rings. The Kier molecular flexibility index (Phi) is 10.7. The zero-order chi connectivity index (χ0) is 23.4. The van der Waals surface area contributed by atoms with Gasteiger partial charge >= 0.3 is 0 Å². The van der Waals surface area contributed by atoms with Gasteiger partial charge in [0.15, 0.2) is 10.8 Å². The molecule has 1 aromatic carbocycles. The maximum Gasteiger partial charge on any atom is 0.280 e. The third kappa shape index (κ3) is 7.93. The van der Waals surface area contributed by atoms with Crippen molar-refractivity contribution in [2.75, 3.05) is 45.9 Å². The Morgan fingerprint density at radius 1 is 1.19 bits per heavy atom. The van der Waals surface area contributed by atoms with Gasteiger partial charge < -0.3 is 19.4 Å². The number of aromatic nitrogens is 1. The molecule has 13 heteroatoms. The molecule has 176 valence electrons. The Labute approximate surface area is 190 Å². The number of aliphatic hydroxyl groups is 1. The number of sulfonamides is 1. The maximum atomic E-state index is 12.8. The molecule has 1 amide bonds. The molecule has 2 rings (SSSR count). The molecular weight excluding hydrogens is 460 g/mol. The smallest absolute Gasteiger partial charge is 0.280 e. The molecule has 3 N–H and O–H groups in total. The second-order valence-electron chi connectivity index (χ2n) is 6.28. The molecule has 0 saturated carbocycles. The molecule has 0 aliphatic heterocycles. The molecule has 0 bridgehead atoms. The van der Waals surface area contributed by atoms with E-state index in [1.165, 1.54) is 42.7 Å². The predicted molar refractivity (Wildman–Crippen MR) is 119 cm³/mol. The highest BCUT2D eigenvalue weighted by Gasteiger charge is 2.19. The molecule has 0 unspecified atom stereocenters. The zero-order valence-corrected chi connectivity index (χ0v) is 19.4. The van der Waals surface area contributed by atoms with Crippen LogP contribution < -0.4 is 10.0 Å². The van der Waals surface area contributed by atoms with Crippen LogP contribution in [0, 0.1) is 0 Å². The fraction of sp³-hybridized carbons (Fsp3) is 0.421. The van der Waals surface area contributed by atoms with Crippen LogP contribution in [0.25, 0.3) is 0 Å². The van der Waals surface area contributed by atoms with Gasteiger partial charge in [-0.3, -0.25) is 10.1 Å². The van der Waals surface area contributed by atoms with E-state index >= 15 is 0 Å². The summed E-state index contributed by atoms with van der Waals surface area (Å²) in [7, 11) is -0.688. The van der Waals surface area contributed by atoms with Crippen LogP contribution in [0.4, 0.5) is 5.13 Å². The Hall–Kier alpha value is -2.42. The second-order valence-corrected chi connectivity index (χ2v) is 9.17. The van der Waals surface area contributed by atoms with Crippen LogP contribution >= 0.6 is 11.3 Å². The molecule has 0 aliphatic carbocycles. The lowest BCUT2D eigenvalue weighted by Crippen LogP contribution is -2.27. The number of amides is 1. The topological polar surface area (TPSA) is 148 Å². The summed E-state index contributed by atoms with van der Waals surface area (Å²) in [5.74, 6) is -0.582. The number of rotatable bonds is 14. The second kappa shape index (κ2) is 13.2. The molecular formula is C19H26N4O7S2. The average molecular weight is 487 g/mol. The van der Waals surface area contributed by atoms with Crippen molar-refractivity contribution in [1.29, 1.82) is 0 Å². The van der Waals surface area contributed by atoms with E-state index in [-0.39, 0.29) is 37.0 Å². The van der Waals surface area contributed by atoms with Crippen molar-refractivity contribution in [2.24, 2.45) is 5.16 Å². The van der Waals surface area contributed by atoms with Crippen LogP contribution in [-0.2, 0) is 35.7 Å². The van der Waals surface area contributed by atoms with Crippen molar-refractivity contribution in [3.05, 3.63) is 40.9 Å². The lowest BCUT2D eigenvalue weighted by atomic mass is 10.1. The highest BCUT2D eigenvalue weighted by molar-refractivity contribution is 7.89. The van der Waals surface area contributed by atoms with Crippen LogP contribution in [-0.4, -0.2) is 70.7 Å². The highest BCUT2D eigenvalue weighted by atomic mass is 32.2. The van der Waals surface area contributed by atoms with E-state index < -0.39 is 15.9 Å². The van der Waals surface area contributed by atoms with E-state index in [4.69, 9.17) is 19.4 Å². The summed E-state index contributed by atoms with van der Waals surface area (Å²) in [6.45, 7) is 0.766. The van der Waals surface area contributed by atoms with Gasteiger partial charge in [-0.25, -0.2) is 18.1 Å². The maximum absolute atomic E-state index is 12.8. The summed E-state index contributed by atoms with van der Waals surface area (Å²) in [4.78, 5) is 22.9. The van der Waals surface area contributed by atoms with Crippen molar-refractivity contribution in [3.8, 4) is 0 Å². The van der Waals surface area contributed by atoms with E-state index in [1.54, 1.807) is 13.3 Å². The normalized spacial score (nSPS) is 12.0. The predicted octanol–water partition coefficient (Wildman–Crippen LogP) is 0.956. The van der Waals surface area contributed by atoms with Crippen LogP contribution in [0.1, 0.15) is 16.9 Å². The van der Waals surface area contributed by atoms with Gasteiger partial charge in [0.05, 0.1) is 23.0 Å². The van der Waals surface area contributed by atoms with Gasteiger partial charge in [-0.15, -0.1) is 0 Å². The SMILES string of the molecule is COCCNS(=O)(=O)c1ccc(C(=NOCCCO)C(=O)Nc2ncc(COC)s2)cc1. The number of benzene rings is 1. The minimum Gasteiger partial charge on any atom is -0.396 e. The van der Waals surface area contributed by atoms with Gasteiger partial charge in [0, 0.05) is 45.6 Å². The van der Waals surface area contributed by atoms with Crippen molar-refractivity contribution < 1.29 is 32.6 Å². The number of methoxy groups -OCH3 is 2. The summed E-state index contributed by atoms with van der Waals surface area (Å²) in [5.41, 5.74) is 0.277. The lowest BCUT2D eigenvalue weighted by Gasteiger charge is -2.09. The van der Waals surface area contributed by atoms with Gasteiger partial charge in [0.2, 0.25) is 10.0 Å². The summed E-state index contributed by atoms with van der Waals surface area (Å²) in [6, 6.07) is 5.63. The molecule has 2 aromatic rings. The lowest BCUT2D eigenvalue weighted by molar-refractivity contribution is -0.110. The van der Waals surface area contributed by atoms with Crippen molar-refractivity contribution in [3.63, 3.8) is 0 Å². The number of nitrogens with zero attached hydrogens (tertiary/aromatic N) is 2. The first-order chi connectivity index (χ1) is 15.4. The zero-order valence-electron chi connectivity index (χ0n) is 17.7. The fourth-order valence-electron chi connectivity index (χ4n) is 2.35. The quantitative estimate of drug-likeness (QED) is 0.203. The Morgan fingerprint density at radius 2 is 1.94 bits per heavy atom. The van der Waals surface area contributed by atoms with Crippen LogP contribution in [0.5, 0.6) is 0 Å². The van der Waals surface area contributed by atoms with Crippen molar-refractivity contribution in [1.82, 2.24) is 9.71 Å². The van der Waals surface area contributed by atoms with Crippen LogP contribution in [0.15, 0.2) is 40.5 Å². The van der Waals surface area contributed by atoms with E-state index in [9.17, 15) is 13.2 Å². The monoisotopic (exact) mass is 486 g/mol. The number of hydrogen-bond donors (Lipinski definition) is 3. The van der Waals surface area contributed by atoms with E-state index in [1.807, 2.05) is 0 Å². The van der Waals surface area contributed by atoms with Crippen LogP contribution in [0.3, 0.4) is 0 Å². The Morgan fingerprint density at radius 3 is 2.59 bits per heavy atom. The van der Waals surface area contributed by atoms with Gasteiger partial charge in [-0.05, 0) is 12.1 Å².